The third-order valence-corrected chi connectivity index (χ3v) is 5.15. The number of ether oxygens (including phenoxy) is 1. The standard InChI is InChI=1S/C19H17BrN2O2S/c1-3-22(18(23)15-6-4-5-7-17(15)24-2)19-21-16(12-25-19)13-8-10-14(20)11-9-13/h4-12H,3H2,1-2H3. The normalized spacial score (nSPS) is 10.5. The van der Waals surface area contributed by atoms with E-state index < -0.39 is 0 Å². The largest absolute Gasteiger partial charge is 0.496 e. The molecule has 0 aliphatic carbocycles. The molecule has 3 aromatic rings. The fourth-order valence-electron chi connectivity index (χ4n) is 2.47. The number of anilines is 1. The van der Waals surface area contributed by atoms with Gasteiger partial charge in [0, 0.05) is 22.0 Å². The minimum absolute atomic E-state index is 0.114. The van der Waals surface area contributed by atoms with Crippen molar-refractivity contribution in [1.29, 1.82) is 0 Å². The van der Waals surface area contributed by atoms with Gasteiger partial charge >= 0.3 is 0 Å². The molecular weight excluding hydrogens is 400 g/mol. The van der Waals surface area contributed by atoms with Crippen molar-refractivity contribution in [3.05, 3.63) is 63.9 Å². The van der Waals surface area contributed by atoms with Crippen LogP contribution in [0.5, 0.6) is 5.75 Å². The summed E-state index contributed by atoms with van der Waals surface area (Å²) in [5, 5.41) is 2.65. The van der Waals surface area contributed by atoms with Gasteiger partial charge in [-0.25, -0.2) is 4.98 Å². The van der Waals surface area contributed by atoms with Crippen molar-refractivity contribution >= 4 is 38.3 Å². The van der Waals surface area contributed by atoms with Crippen molar-refractivity contribution in [2.75, 3.05) is 18.6 Å². The lowest BCUT2D eigenvalue weighted by Crippen LogP contribution is -2.30. The maximum absolute atomic E-state index is 13.0. The van der Waals surface area contributed by atoms with Gasteiger partial charge in [0.25, 0.3) is 5.91 Å². The van der Waals surface area contributed by atoms with Gasteiger partial charge in [-0.15, -0.1) is 11.3 Å². The third-order valence-electron chi connectivity index (χ3n) is 3.76. The molecule has 0 radical (unpaired) electrons. The number of para-hydroxylation sites is 1. The van der Waals surface area contributed by atoms with Crippen LogP contribution in [0.15, 0.2) is 58.4 Å². The number of methoxy groups -OCH3 is 1. The summed E-state index contributed by atoms with van der Waals surface area (Å²) in [6.45, 7) is 2.47. The van der Waals surface area contributed by atoms with Crippen LogP contribution in [0.25, 0.3) is 11.3 Å². The maximum Gasteiger partial charge on any atom is 0.263 e. The van der Waals surface area contributed by atoms with Crippen molar-refractivity contribution in [1.82, 2.24) is 4.98 Å². The summed E-state index contributed by atoms with van der Waals surface area (Å²) in [5.41, 5.74) is 2.41. The molecule has 0 saturated heterocycles. The second kappa shape index (κ2) is 7.80. The lowest BCUT2D eigenvalue weighted by Gasteiger charge is -2.19. The Morgan fingerprint density at radius 1 is 1.20 bits per heavy atom. The number of nitrogens with zero attached hydrogens (tertiary/aromatic N) is 2. The van der Waals surface area contributed by atoms with Gasteiger partial charge in [0.15, 0.2) is 5.13 Å². The first-order chi connectivity index (χ1) is 12.1. The minimum Gasteiger partial charge on any atom is -0.496 e. The highest BCUT2D eigenvalue weighted by Crippen LogP contribution is 2.30. The van der Waals surface area contributed by atoms with Gasteiger partial charge in [0.1, 0.15) is 5.75 Å². The van der Waals surface area contributed by atoms with Crippen LogP contribution in [-0.4, -0.2) is 24.5 Å². The maximum atomic E-state index is 13.0. The number of aromatic nitrogens is 1. The number of carbonyl (C=O) groups is 1. The number of benzene rings is 2. The van der Waals surface area contributed by atoms with E-state index in [1.54, 1.807) is 24.1 Å². The fraction of sp³-hybridized carbons (Fsp3) is 0.158. The molecule has 0 saturated carbocycles. The SMILES string of the molecule is CCN(C(=O)c1ccccc1OC)c1nc(-c2ccc(Br)cc2)cs1. The second-order valence-electron chi connectivity index (χ2n) is 5.27. The molecule has 3 rings (SSSR count). The number of hydrogen-bond donors (Lipinski definition) is 0. The minimum atomic E-state index is -0.114. The van der Waals surface area contributed by atoms with Gasteiger partial charge in [-0.3, -0.25) is 9.69 Å². The third kappa shape index (κ3) is 3.75. The average Bonchev–Trinajstić information content (AvgIpc) is 3.12. The number of carbonyl (C=O) groups excluding carboxylic acids is 1. The molecule has 0 unspecified atom stereocenters. The number of rotatable bonds is 5. The molecule has 4 nitrogen and oxygen atoms in total. The molecule has 0 aliphatic heterocycles. The van der Waals surface area contributed by atoms with E-state index in [4.69, 9.17) is 4.74 Å². The van der Waals surface area contributed by atoms with E-state index in [1.165, 1.54) is 11.3 Å². The Balaban J connectivity index is 1.91. The van der Waals surface area contributed by atoms with E-state index >= 15 is 0 Å². The molecular formula is C19H17BrN2O2S. The van der Waals surface area contributed by atoms with Crippen LogP contribution in [0.2, 0.25) is 0 Å². The summed E-state index contributed by atoms with van der Waals surface area (Å²) >= 11 is 4.89. The molecule has 0 atom stereocenters. The summed E-state index contributed by atoms with van der Waals surface area (Å²) in [4.78, 5) is 19.3. The first kappa shape index (κ1) is 17.6. The average molecular weight is 417 g/mol. The highest BCUT2D eigenvalue weighted by molar-refractivity contribution is 9.10. The van der Waals surface area contributed by atoms with Gasteiger partial charge in [0.05, 0.1) is 18.4 Å². The molecule has 0 spiro atoms. The predicted molar refractivity (Wildman–Crippen MR) is 106 cm³/mol. The molecule has 0 fully saturated rings. The fourth-order valence-corrected chi connectivity index (χ4v) is 3.63. The second-order valence-corrected chi connectivity index (χ2v) is 7.02. The van der Waals surface area contributed by atoms with Gasteiger partial charge in [0.2, 0.25) is 0 Å². The predicted octanol–water partition coefficient (Wildman–Crippen LogP) is 5.25. The number of halogens is 1. The number of thiazole rings is 1. The van der Waals surface area contributed by atoms with Crippen molar-refractivity contribution in [2.24, 2.45) is 0 Å². The topological polar surface area (TPSA) is 42.4 Å². The monoisotopic (exact) mass is 416 g/mol. The molecule has 0 aliphatic rings. The summed E-state index contributed by atoms with van der Waals surface area (Å²) < 4.78 is 6.34. The molecule has 6 heteroatoms. The smallest absolute Gasteiger partial charge is 0.263 e. The Morgan fingerprint density at radius 2 is 1.92 bits per heavy atom. The lowest BCUT2D eigenvalue weighted by molar-refractivity contribution is 0.0985. The quantitative estimate of drug-likeness (QED) is 0.570. The van der Waals surface area contributed by atoms with E-state index in [1.807, 2.05) is 48.7 Å². The molecule has 25 heavy (non-hydrogen) atoms. The van der Waals surface area contributed by atoms with Crippen LogP contribution in [0.3, 0.4) is 0 Å². The van der Waals surface area contributed by atoms with Crippen molar-refractivity contribution in [3.63, 3.8) is 0 Å². The summed E-state index contributed by atoms with van der Waals surface area (Å²) in [7, 11) is 1.57. The first-order valence-electron chi connectivity index (χ1n) is 7.80. The highest BCUT2D eigenvalue weighted by atomic mass is 79.9. The van der Waals surface area contributed by atoms with E-state index in [2.05, 4.69) is 20.9 Å². The Bertz CT molecular complexity index is 877. The van der Waals surface area contributed by atoms with Crippen molar-refractivity contribution in [3.8, 4) is 17.0 Å². The van der Waals surface area contributed by atoms with Crippen LogP contribution in [0.1, 0.15) is 17.3 Å². The Hall–Kier alpha value is -2.18. The highest BCUT2D eigenvalue weighted by Gasteiger charge is 2.22. The lowest BCUT2D eigenvalue weighted by atomic mass is 10.1. The summed E-state index contributed by atoms with van der Waals surface area (Å²) in [6.07, 6.45) is 0. The van der Waals surface area contributed by atoms with E-state index in [-0.39, 0.29) is 5.91 Å². The van der Waals surface area contributed by atoms with E-state index in [9.17, 15) is 4.79 Å². The van der Waals surface area contributed by atoms with Crippen LogP contribution >= 0.6 is 27.3 Å². The Morgan fingerprint density at radius 3 is 2.60 bits per heavy atom. The van der Waals surface area contributed by atoms with Gasteiger partial charge in [-0.05, 0) is 31.2 Å². The number of hydrogen-bond acceptors (Lipinski definition) is 4. The summed E-state index contributed by atoms with van der Waals surface area (Å²) in [5.74, 6) is 0.451. The van der Waals surface area contributed by atoms with Gasteiger partial charge in [-0.1, -0.05) is 40.2 Å². The van der Waals surface area contributed by atoms with E-state index in [0.29, 0.717) is 23.0 Å². The zero-order chi connectivity index (χ0) is 17.8. The summed E-state index contributed by atoms with van der Waals surface area (Å²) in [6, 6.07) is 15.2. The molecule has 1 aromatic heterocycles. The number of amides is 1. The molecule has 128 valence electrons. The van der Waals surface area contributed by atoms with Gasteiger partial charge < -0.3 is 4.74 Å². The Labute approximate surface area is 159 Å². The van der Waals surface area contributed by atoms with Gasteiger partial charge in [-0.2, -0.15) is 0 Å². The van der Waals surface area contributed by atoms with Crippen molar-refractivity contribution in [2.45, 2.75) is 6.92 Å². The first-order valence-corrected chi connectivity index (χ1v) is 9.47. The van der Waals surface area contributed by atoms with Crippen LogP contribution in [0.4, 0.5) is 5.13 Å². The van der Waals surface area contributed by atoms with Crippen LogP contribution in [0, 0.1) is 0 Å². The Kier molecular flexibility index (Phi) is 5.50. The molecule has 2 aromatic carbocycles. The molecule has 1 amide bonds. The zero-order valence-electron chi connectivity index (χ0n) is 13.9. The molecule has 0 N–H and O–H groups in total. The molecule has 0 bridgehead atoms. The van der Waals surface area contributed by atoms with Crippen molar-refractivity contribution < 1.29 is 9.53 Å². The zero-order valence-corrected chi connectivity index (χ0v) is 16.3. The van der Waals surface area contributed by atoms with Crippen LogP contribution in [-0.2, 0) is 0 Å². The molecule has 1 heterocycles. The van der Waals surface area contributed by atoms with Crippen LogP contribution < -0.4 is 9.64 Å². The van der Waals surface area contributed by atoms with E-state index in [0.717, 1.165) is 15.7 Å².